The summed E-state index contributed by atoms with van der Waals surface area (Å²) in [5.74, 6) is 0.0297. The van der Waals surface area contributed by atoms with Gasteiger partial charge in [0, 0.05) is 17.1 Å². The van der Waals surface area contributed by atoms with Gasteiger partial charge in [-0.15, -0.1) is 0 Å². The fourth-order valence-electron chi connectivity index (χ4n) is 1.75. The Labute approximate surface area is 104 Å². The molecular weight excluding hydrogens is 226 g/mol. The van der Waals surface area contributed by atoms with Crippen molar-refractivity contribution in [3.63, 3.8) is 0 Å². The minimum absolute atomic E-state index is 0.270. The largest absolute Gasteiger partial charge is 0.451 e. The molecule has 3 heteroatoms. The van der Waals surface area contributed by atoms with E-state index in [-0.39, 0.29) is 5.91 Å². The predicted molar refractivity (Wildman–Crippen MR) is 69.4 cm³/mol. The van der Waals surface area contributed by atoms with Crippen molar-refractivity contribution in [1.29, 1.82) is 0 Å². The summed E-state index contributed by atoms with van der Waals surface area (Å²) < 4.78 is 5.48. The maximum absolute atomic E-state index is 12.0. The number of rotatable bonds is 2. The second kappa shape index (κ2) is 4.37. The Bertz CT molecular complexity index is 653. The number of hydrogen-bond donors (Lipinski definition) is 1. The van der Waals surface area contributed by atoms with Gasteiger partial charge in [0.05, 0.1) is 0 Å². The van der Waals surface area contributed by atoms with Crippen LogP contribution in [-0.2, 0) is 0 Å². The first-order valence-electron chi connectivity index (χ1n) is 5.59. The van der Waals surface area contributed by atoms with E-state index in [2.05, 4.69) is 11.4 Å². The summed E-state index contributed by atoms with van der Waals surface area (Å²) in [5.41, 5.74) is 1.34. The summed E-state index contributed by atoms with van der Waals surface area (Å²) in [4.78, 5) is 12.0. The Morgan fingerprint density at radius 2 is 1.94 bits per heavy atom. The van der Waals surface area contributed by atoms with E-state index in [4.69, 9.17) is 4.42 Å². The minimum atomic E-state index is -0.270. The van der Waals surface area contributed by atoms with Gasteiger partial charge >= 0.3 is 0 Å². The molecule has 0 unspecified atom stereocenters. The van der Waals surface area contributed by atoms with Crippen LogP contribution in [0.1, 0.15) is 10.6 Å². The van der Waals surface area contributed by atoms with E-state index >= 15 is 0 Å². The zero-order valence-electron chi connectivity index (χ0n) is 9.51. The molecule has 0 aliphatic rings. The number of carbonyl (C=O) groups is 1. The zero-order chi connectivity index (χ0) is 12.4. The number of benzene rings is 2. The van der Waals surface area contributed by atoms with E-state index in [1.807, 2.05) is 36.4 Å². The van der Waals surface area contributed by atoms with Crippen LogP contribution in [0.3, 0.4) is 0 Å². The van der Waals surface area contributed by atoms with Gasteiger partial charge in [-0.1, -0.05) is 36.4 Å². The van der Waals surface area contributed by atoms with Gasteiger partial charge in [0.2, 0.25) is 0 Å². The van der Waals surface area contributed by atoms with E-state index in [0.717, 1.165) is 5.39 Å². The summed E-state index contributed by atoms with van der Waals surface area (Å²) in [7, 11) is 0. The van der Waals surface area contributed by atoms with Crippen LogP contribution in [0.5, 0.6) is 0 Å². The molecule has 3 rings (SSSR count). The lowest BCUT2D eigenvalue weighted by atomic mass is 10.2. The first kappa shape index (κ1) is 10.6. The lowest BCUT2D eigenvalue weighted by Gasteiger charge is -2.00. The predicted octanol–water partition coefficient (Wildman–Crippen LogP) is 3.49. The van der Waals surface area contributed by atoms with Crippen LogP contribution in [0, 0.1) is 6.07 Å². The van der Waals surface area contributed by atoms with Crippen LogP contribution >= 0.6 is 0 Å². The van der Waals surface area contributed by atoms with Gasteiger partial charge in [0.25, 0.3) is 5.91 Å². The van der Waals surface area contributed by atoms with Crippen LogP contribution < -0.4 is 5.32 Å². The van der Waals surface area contributed by atoms with Gasteiger partial charge in [-0.3, -0.25) is 4.79 Å². The Balaban J connectivity index is 1.88. The smallest absolute Gasteiger partial charge is 0.291 e. The molecule has 0 fully saturated rings. The molecule has 0 aliphatic carbocycles. The fourth-order valence-corrected chi connectivity index (χ4v) is 1.75. The first-order valence-corrected chi connectivity index (χ1v) is 5.59. The molecule has 1 N–H and O–H groups in total. The Morgan fingerprint density at radius 3 is 2.72 bits per heavy atom. The van der Waals surface area contributed by atoms with E-state index < -0.39 is 0 Å². The fraction of sp³-hybridized carbons (Fsp3) is 0. The molecule has 3 nitrogen and oxygen atoms in total. The Kier molecular flexibility index (Phi) is 2.57. The molecule has 0 aliphatic heterocycles. The first-order chi connectivity index (χ1) is 8.83. The average molecular weight is 236 g/mol. The lowest BCUT2D eigenvalue weighted by Crippen LogP contribution is -2.10. The van der Waals surface area contributed by atoms with Crippen LogP contribution in [0.2, 0.25) is 0 Å². The molecule has 0 atom stereocenters. The van der Waals surface area contributed by atoms with Gasteiger partial charge in [-0.05, 0) is 18.2 Å². The molecule has 0 saturated heterocycles. The normalized spacial score (nSPS) is 10.4. The maximum atomic E-state index is 12.0. The molecule has 1 heterocycles. The highest BCUT2D eigenvalue weighted by Crippen LogP contribution is 2.19. The van der Waals surface area contributed by atoms with Crippen molar-refractivity contribution in [3.8, 4) is 0 Å². The number of hydrogen-bond acceptors (Lipinski definition) is 2. The number of furan rings is 1. The lowest BCUT2D eigenvalue weighted by molar-refractivity contribution is 0.0998. The van der Waals surface area contributed by atoms with Crippen molar-refractivity contribution < 1.29 is 9.21 Å². The quantitative estimate of drug-likeness (QED) is 0.740. The van der Waals surface area contributed by atoms with Crippen molar-refractivity contribution in [3.05, 3.63) is 66.4 Å². The number of nitrogens with one attached hydrogen (secondary N) is 1. The Hall–Kier alpha value is -2.55. The summed E-state index contributed by atoms with van der Waals surface area (Å²) in [5, 5.41) is 3.65. The van der Waals surface area contributed by atoms with E-state index in [9.17, 15) is 4.79 Å². The topological polar surface area (TPSA) is 42.2 Å². The highest BCUT2D eigenvalue weighted by atomic mass is 16.3. The molecule has 1 radical (unpaired) electrons. The molecule has 1 amide bonds. The average Bonchev–Trinajstić information content (AvgIpc) is 2.84. The second-order valence-electron chi connectivity index (χ2n) is 3.88. The summed E-state index contributed by atoms with van der Waals surface area (Å²) in [6.45, 7) is 0. The van der Waals surface area contributed by atoms with Crippen LogP contribution in [-0.4, -0.2) is 5.91 Å². The van der Waals surface area contributed by atoms with Crippen molar-refractivity contribution in [2.75, 3.05) is 5.32 Å². The van der Waals surface area contributed by atoms with Crippen molar-refractivity contribution in [2.24, 2.45) is 0 Å². The van der Waals surface area contributed by atoms with Crippen molar-refractivity contribution in [2.45, 2.75) is 0 Å². The van der Waals surface area contributed by atoms with Crippen LogP contribution in [0.4, 0.5) is 5.69 Å². The molecule has 18 heavy (non-hydrogen) atoms. The van der Waals surface area contributed by atoms with Gasteiger partial charge in [-0.2, -0.15) is 0 Å². The van der Waals surface area contributed by atoms with Gasteiger partial charge in [0.15, 0.2) is 5.76 Å². The van der Waals surface area contributed by atoms with Gasteiger partial charge < -0.3 is 9.73 Å². The number of carbonyl (C=O) groups excluding carboxylic acids is 1. The Morgan fingerprint density at radius 1 is 1.11 bits per heavy atom. The SMILES string of the molecule is O=C(Nc1[c]cccc1)c1cc2ccccc2o1. The number of fused-ring (bicyclic) bond motifs is 1. The molecule has 87 valence electrons. The molecule has 1 aromatic heterocycles. The molecule has 3 aromatic rings. The van der Waals surface area contributed by atoms with E-state index in [0.29, 0.717) is 17.0 Å². The molecular formula is C15H10NO2. The number of para-hydroxylation sites is 2. The van der Waals surface area contributed by atoms with Crippen molar-refractivity contribution >= 4 is 22.6 Å². The second-order valence-corrected chi connectivity index (χ2v) is 3.88. The highest BCUT2D eigenvalue weighted by molar-refractivity contribution is 6.04. The number of anilines is 1. The molecule has 0 spiro atoms. The third-order valence-electron chi connectivity index (χ3n) is 2.61. The summed E-state index contributed by atoms with van der Waals surface area (Å²) >= 11 is 0. The summed E-state index contributed by atoms with van der Waals surface area (Å²) in [6, 6.07) is 19.4. The minimum Gasteiger partial charge on any atom is -0.451 e. The third kappa shape index (κ3) is 1.98. The molecule has 0 bridgehead atoms. The van der Waals surface area contributed by atoms with E-state index in [1.54, 1.807) is 18.2 Å². The monoisotopic (exact) mass is 236 g/mol. The molecule has 0 saturated carbocycles. The summed E-state index contributed by atoms with van der Waals surface area (Å²) in [6.07, 6.45) is 0. The maximum Gasteiger partial charge on any atom is 0.291 e. The van der Waals surface area contributed by atoms with Crippen LogP contribution in [0.15, 0.2) is 59.0 Å². The molecule has 2 aromatic carbocycles. The van der Waals surface area contributed by atoms with E-state index in [1.165, 1.54) is 0 Å². The van der Waals surface area contributed by atoms with Crippen molar-refractivity contribution in [1.82, 2.24) is 0 Å². The standard InChI is InChI=1S/C15H10NO2/c17-15(16-12-7-2-1-3-8-12)14-10-11-6-4-5-9-13(11)18-14/h1-7,9-10H,(H,16,17). The van der Waals surface area contributed by atoms with Crippen LogP contribution in [0.25, 0.3) is 11.0 Å². The van der Waals surface area contributed by atoms with Gasteiger partial charge in [0.1, 0.15) is 5.58 Å². The van der Waals surface area contributed by atoms with Gasteiger partial charge in [-0.25, -0.2) is 0 Å². The highest BCUT2D eigenvalue weighted by Gasteiger charge is 2.11. The third-order valence-corrected chi connectivity index (χ3v) is 2.61. The zero-order valence-corrected chi connectivity index (χ0v) is 9.51. The number of amides is 1.